The van der Waals surface area contributed by atoms with E-state index in [-0.39, 0.29) is 11.9 Å². The lowest BCUT2D eigenvalue weighted by Crippen LogP contribution is -2.33. The van der Waals surface area contributed by atoms with E-state index in [0.717, 1.165) is 24.0 Å². The van der Waals surface area contributed by atoms with E-state index < -0.39 is 0 Å². The van der Waals surface area contributed by atoms with Gasteiger partial charge in [-0.05, 0) is 54.8 Å². The van der Waals surface area contributed by atoms with Crippen LogP contribution in [-0.4, -0.2) is 27.0 Å². The summed E-state index contributed by atoms with van der Waals surface area (Å²) in [7, 11) is 0. The maximum absolute atomic E-state index is 12.8. The number of rotatable bonds is 6. The second-order valence-corrected chi connectivity index (χ2v) is 7.44. The molecule has 4 rings (SSSR count). The molecule has 0 aliphatic heterocycles. The van der Waals surface area contributed by atoms with Gasteiger partial charge in [0.1, 0.15) is 0 Å². The fraction of sp³-hybridized carbons (Fsp3) is 0.250. The SMILES string of the molecule is O=C(Cc1ccc(Cl)cc1)N(Cc1nnc(-c2ccc(Cl)cc2)o1)C1CC1. The highest BCUT2D eigenvalue weighted by molar-refractivity contribution is 6.30. The third kappa shape index (κ3) is 4.49. The summed E-state index contributed by atoms with van der Waals surface area (Å²) < 4.78 is 5.76. The van der Waals surface area contributed by atoms with Crippen LogP contribution in [0.4, 0.5) is 0 Å². The van der Waals surface area contributed by atoms with Crippen molar-refractivity contribution in [2.45, 2.75) is 31.8 Å². The maximum atomic E-state index is 12.8. The van der Waals surface area contributed by atoms with E-state index in [1.807, 2.05) is 29.2 Å². The second-order valence-electron chi connectivity index (χ2n) is 6.56. The molecule has 138 valence electrons. The Bertz CT molecular complexity index is 935. The first-order valence-electron chi connectivity index (χ1n) is 8.71. The van der Waals surface area contributed by atoms with Gasteiger partial charge in [0, 0.05) is 21.7 Å². The number of benzene rings is 2. The van der Waals surface area contributed by atoms with E-state index in [1.165, 1.54) is 0 Å². The molecule has 0 saturated heterocycles. The highest BCUT2D eigenvalue weighted by Crippen LogP contribution is 2.29. The molecule has 1 saturated carbocycles. The molecule has 0 N–H and O–H groups in total. The van der Waals surface area contributed by atoms with E-state index >= 15 is 0 Å². The Kier molecular flexibility index (Phi) is 5.14. The fourth-order valence-corrected chi connectivity index (χ4v) is 3.11. The van der Waals surface area contributed by atoms with Crippen LogP contribution >= 0.6 is 23.2 Å². The van der Waals surface area contributed by atoms with Gasteiger partial charge in [-0.3, -0.25) is 4.79 Å². The van der Waals surface area contributed by atoms with Gasteiger partial charge in [-0.1, -0.05) is 35.3 Å². The lowest BCUT2D eigenvalue weighted by atomic mass is 10.1. The summed E-state index contributed by atoms with van der Waals surface area (Å²) in [6, 6.07) is 14.8. The smallest absolute Gasteiger partial charge is 0.247 e. The van der Waals surface area contributed by atoms with E-state index in [2.05, 4.69) is 10.2 Å². The Morgan fingerprint density at radius 1 is 1.00 bits per heavy atom. The molecule has 3 aromatic rings. The molecule has 0 bridgehead atoms. The predicted octanol–water partition coefficient (Wildman–Crippen LogP) is 4.78. The summed E-state index contributed by atoms with van der Waals surface area (Å²) in [5.41, 5.74) is 1.73. The van der Waals surface area contributed by atoms with Crippen LogP contribution in [0.15, 0.2) is 52.9 Å². The van der Waals surface area contributed by atoms with E-state index in [4.69, 9.17) is 27.6 Å². The predicted molar refractivity (Wildman–Crippen MR) is 103 cm³/mol. The molecule has 1 amide bonds. The van der Waals surface area contributed by atoms with Crippen molar-refractivity contribution >= 4 is 29.1 Å². The number of carbonyl (C=O) groups excluding carboxylic acids is 1. The fourth-order valence-electron chi connectivity index (χ4n) is 2.86. The van der Waals surface area contributed by atoms with Gasteiger partial charge < -0.3 is 9.32 Å². The van der Waals surface area contributed by atoms with Gasteiger partial charge in [0.15, 0.2) is 0 Å². The lowest BCUT2D eigenvalue weighted by molar-refractivity contribution is -0.132. The molecule has 2 aromatic carbocycles. The molecule has 1 heterocycles. The van der Waals surface area contributed by atoms with Crippen molar-refractivity contribution < 1.29 is 9.21 Å². The van der Waals surface area contributed by atoms with Crippen LogP contribution in [0.25, 0.3) is 11.5 Å². The molecule has 1 fully saturated rings. The Hall–Kier alpha value is -2.37. The average Bonchev–Trinajstić information content (AvgIpc) is 3.40. The summed E-state index contributed by atoms with van der Waals surface area (Å²) in [4.78, 5) is 14.6. The second kappa shape index (κ2) is 7.71. The van der Waals surface area contributed by atoms with Crippen LogP contribution < -0.4 is 0 Å². The Morgan fingerprint density at radius 2 is 1.63 bits per heavy atom. The van der Waals surface area contributed by atoms with E-state index in [0.29, 0.717) is 34.8 Å². The Morgan fingerprint density at radius 3 is 2.26 bits per heavy atom. The number of carbonyl (C=O) groups is 1. The Labute approximate surface area is 166 Å². The van der Waals surface area contributed by atoms with Crippen LogP contribution in [0.5, 0.6) is 0 Å². The normalized spacial score (nSPS) is 13.6. The molecule has 27 heavy (non-hydrogen) atoms. The average molecular weight is 402 g/mol. The minimum atomic E-state index is 0.0473. The van der Waals surface area contributed by atoms with Crippen LogP contribution in [0.1, 0.15) is 24.3 Å². The standard InChI is InChI=1S/C20H17Cl2N3O2/c21-15-5-1-13(2-6-15)11-19(26)25(17-9-10-17)12-18-23-24-20(27-18)14-3-7-16(22)8-4-14/h1-8,17H,9-12H2. The lowest BCUT2D eigenvalue weighted by Gasteiger charge is -2.20. The van der Waals surface area contributed by atoms with Crippen molar-refractivity contribution in [3.05, 3.63) is 70.0 Å². The van der Waals surface area contributed by atoms with Gasteiger partial charge >= 0.3 is 0 Å². The largest absolute Gasteiger partial charge is 0.419 e. The number of nitrogens with zero attached hydrogens (tertiary/aromatic N) is 3. The quantitative estimate of drug-likeness (QED) is 0.596. The summed E-state index contributed by atoms with van der Waals surface area (Å²) in [6.07, 6.45) is 2.33. The topological polar surface area (TPSA) is 59.2 Å². The van der Waals surface area contributed by atoms with Crippen molar-refractivity contribution in [3.63, 3.8) is 0 Å². The number of amides is 1. The van der Waals surface area contributed by atoms with E-state index in [1.54, 1.807) is 24.3 Å². The molecular weight excluding hydrogens is 385 g/mol. The first-order chi connectivity index (χ1) is 13.1. The van der Waals surface area contributed by atoms with Gasteiger partial charge in [0.25, 0.3) is 0 Å². The monoisotopic (exact) mass is 401 g/mol. The van der Waals surface area contributed by atoms with Crippen LogP contribution in [0, 0.1) is 0 Å². The zero-order valence-electron chi connectivity index (χ0n) is 14.4. The van der Waals surface area contributed by atoms with Gasteiger partial charge in [0.2, 0.25) is 17.7 Å². The molecule has 7 heteroatoms. The molecule has 5 nitrogen and oxygen atoms in total. The number of hydrogen-bond donors (Lipinski definition) is 0. The van der Waals surface area contributed by atoms with Crippen molar-refractivity contribution in [3.8, 4) is 11.5 Å². The van der Waals surface area contributed by atoms with Crippen molar-refractivity contribution in [1.29, 1.82) is 0 Å². The zero-order valence-corrected chi connectivity index (χ0v) is 16.0. The maximum Gasteiger partial charge on any atom is 0.247 e. The number of aromatic nitrogens is 2. The minimum Gasteiger partial charge on any atom is -0.419 e. The van der Waals surface area contributed by atoms with Crippen LogP contribution in [-0.2, 0) is 17.8 Å². The third-order valence-electron chi connectivity index (χ3n) is 4.44. The van der Waals surface area contributed by atoms with Crippen molar-refractivity contribution in [2.75, 3.05) is 0 Å². The Balaban J connectivity index is 1.46. The highest BCUT2D eigenvalue weighted by Gasteiger charge is 2.33. The van der Waals surface area contributed by atoms with Crippen LogP contribution in [0.2, 0.25) is 10.0 Å². The molecule has 1 aliphatic rings. The van der Waals surface area contributed by atoms with Gasteiger partial charge in [-0.25, -0.2) is 0 Å². The molecule has 1 aliphatic carbocycles. The molecule has 0 unspecified atom stereocenters. The molecular formula is C20H17Cl2N3O2. The first kappa shape index (κ1) is 18.0. The van der Waals surface area contributed by atoms with Gasteiger partial charge in [0.05, 0.1) is 13.0 Å². The van der Waals surface area contributed by atoms with E-state index in [9.17, 15) is 4.79 Å². The zero-order chi connectivity index (χ0) is 18.8. The first-order valence-corrected chi connectivity index (χ1v) is 9.46. The minimum absolute atomic E-state index is 0.0473. The number of hydrogen-bond acceptors (Lipinski definition) is 4. The molecule has 1 aromatic heterocycles. The van der Waals surface area contributed by atoms with Gasteiger partial charge in [-0.15, -0.1) is 10.2 Å². The van der Waals surface area contributed by atoms with Crippen molar-refractivity contribution in [1.82, 2.24) is 15.1 Å². The summed E-state index contributed by atoms with van der Waals surface area (Å²) in [6.45, 7) is 0.317. The summed E-state index contributed by atoms with van der Waals surface area (Å²) in [5.74, 6) is 0.893. The van der Waals surface area contributed by atoms with Crippen molar-refractivity contribution in [2.24, 2.45) is 0 Å². The number of halogens is 2. The molecule has 0 atom stereocenters. The van der Waals surface area contributed by atoms with Gasteiger partial charge in [-0.2, -0.15) is 0 Å². The highest BCUT2D eigenvalue weighted by atomic mass is 35.5. The van der Waals surface area contributed by atoms with Crippen LogP contribution in [0.3, 0.4) is 0 Å². The third-order valence-corrected chi connectivity index (χ3v) is 4.94. The summed E-state index contributed by atoms with van der Waals surface area (Å²) in [5, 5.41) is 9.50. The molecule has 0 spiro atoms. The molecule has 0 radical (unpaired) electrons. The summed E-state index contributed by atoms with van der Waals surface area (Å²) >= 11 is 11.8.